The van der Waals surface area contributed by atoms with Crippen LogP contribution in [-0.2, 0) is 0 Å². The van der Waals surface area contributed by atoms with Crippen molar-refractivity contribution in [2.45, 2.75) is 33.1 Å². The van der Waals surface area contributed by atoms with E-state index in [1.54, 1.807) is 0 Å². The molecular weight excluding hydrogens is 148 g/mol. The Kier molecular flexibility index (Phi) is 1.58. The van der Waals surface area contributed by atoms with Gasteiger partial charge in [-0.1, -0.05) is 20.8 Å². The van der Waals surface area contributed by atoms with Crippen LogP contribution in [0.2, 0.25) is 0 Å². The van der Waals surface area contributed by atoms with E-state index in [-0.39, 0.29) is 18.4 Å². The molecule has 0 amide bonds. The largest absolute Gasteiger partial charge is 0.330 e. The molecule has 1 rings (SSSR count). The van der Waals surface area contributed by atoms with E-state index in [1.165, 1.54) is 0 Å². The van der Waals surface area contributed by atoms with Crippen LogP contribution in [0.5, 0.6) is 0 Å². The Morgan fingerprint density at radius 3 is 1.73 bits per heavy atom. The quantitative estimate of drug-likeness (QED) is 0.628. The number of hydrogen-bond acceptors (Lipinski definition) is 1. The van der Waals surface area contributed by atoms with Crippen LogP contribution < -0.4 is 5.73 Å². The average Bonchev–Trinajstić information content (AvgIpc) is 2.33. The molecule has 3 heteroatoms. The molecule has 1 unspecified atom stereocenters. The van der Waals surface area contributed by atoms with E-state index in [2.05, 4.69) is 0 Å². The first-order valence-electron chi connectivity index (χ1n) is 3.85. The van der Waals surface area contributed by atoms with Crippen LogP contribution in [0.25, 0.3) is 0 Å². The molecule has 1 fully saturated rings. The van der Waals surface area contributed by atoms with Crippen molar-refractivity contribution in [2.24, 2.45) is 16.6 Å². The van der Waals surface area contributed by atoms with Crippen molar-refractivity contribution in [3.05, 3.63) is 0 Å². The Bertz CT molecular complexity index is 171. The molecule has 0 aromatic heterocycles. The molecule has 0 aromatic carbocycles. The van der Waals surface area contributed by atoms with Crippen molar-refractivity contribution in [1.82, 2.24) is 0 Å². The lowest BCUT2D eigenvalue weighted by Gasteiger charge is -2.29. The van der Waals surface area contributed by atoms with Crippen LogP contribution in [-0.4, -0.2) is 12.5 Å². The van der Waals surface area contributed by atoms with Gasteiger partial charge in [-0.2, -0.15) is 0 Å². The molecule has 0 saturated heterocycles. The molecule has 1 aliphatic rings. The van der Waals surface area contributed by atoms with Crippen molar-refractivity contribution in [3.8, 4) is 0 Å². The van der Waals surface area contributed by atoms with Crippen molar-refractivity contribution in [1.29, 1.82) is 0 Å². The summed E-state index contributed by atoms with van der Waals surface area (Å²) in [4.78, 5) is 0. The van der Waals surface area contributed by atoms with Gasteiger partial charge in [0.15, 0.2) is 0 Å². The lowest BCUT2D eigenvalue weighted by molar-refractivity contribution is 0.0192. The standard InChI is InChI=1S/C8H15F2N/c1-6(2,3)7(5-11)4-8(7,9)10/h4-5,11H2,1-3H3. The van der Waals surface area contributed by atoms with Crippen molar-refractivity contribution in [2.75, 3.05) is 6.54 Å². The van der Waals surface area contributed by atoms with Crippen LogP contribution >= 0.6 is 0 Å². The maximum Gasteiger partial charge on any atom is 0.256 e. The lowest BCUT2D eigenvalue weighted by atomic mass is 9.77. The Hall–Kier alpha value is -0.180. The molecule has 0 spiro atoms. The third-order valence-corrected chi connectivity index (χ3v) is 2.88. The number of alkyl halides is 2. The van der Waals surface area contributed by atoms with E-state index >= 15 is 0 Å². The third kappa shape index (κ3) is 0.975. The number of nitrogens with two attached hydrogens (primary N) is 1. The Morgan fingerprint density at radius 1 is 1.36 bits per heavy atom. The maximum absolute atomic E-state index is 12.9. The molecule has 1 atom stereocenters. The van der Waals surface area contributed by atoms with Gasteiger partial charge in [-0.05, 0) is 5.41 Å². The second-order valence-electron chi connectivity index (χ2n) is 4.42. The van der Waals surface area contributed by atoms with Gasteiger partial charge >= 0.3 is 0 Å². The van der Waals surface area contributed by atoms with Gasteiger partial charge in [0, 0.05) is 13.0 Å². The van der Waals surface area contributed by atoms with Gasteiger partial charge in [-0.3, -0.25) is 0 Å². The topological polar surface area (TPSA) is 26.0 Å². The van der Waals surface area contributed by atoms with Crippen molar-refractivity contribution in [3.63, 3.8) is 0 Å². The molecule has 1 nitrogen and oxygen atoms in total. The van der Waals surface area contributed by atoms with Crippen LogP contribution in [0, 0.1) is 10.8 Å². The minimum Gasteiger partial charge on any atom is -0.330 e. The fourth-order valence-corrected chi connectivity index (χ4v) is 1.68. The Morgan fingerprint density at radius 2 is 1.73 bits per heavy atom. The highest BCUT2D eigenvalue weighted by Crippen LogP contribution is 2.68. The number of halogens is 2. The molecule has 0 bridgehead atoms. The number of hydrogen-bond donors (Lipinski definition) is 1. The molecule has 2 N–H and O–H groups in total. The Balaban J connectivity index is 2.84. The highest BCUT2D eigenvalue weighted by Gasteiger charge is 2.74. The van der Waals surface area contributed by atoms with Crippen LogP contribution in [0.15, 0.2) is 0 Å². The van der Waals surface area contributed by atoms with Gasteiger partial charge in [0.2, 0.25) is 0 Å². The first-order chi connectivity index (χ1) is 4.77. The molecule has 0 radical (unpaired) electrons. The molecular formula is C8H15F2N. The minimum atomic E-state index is -2.53. The first-order valence-corrected chi connectivity index (χ1v) is 3.85. The number of rotatable bonds is 1. The van der Waals surface area contributed by atoms with Gasteiger partial charge in [-0.15, -0.1) is 0 Å². The van der Waals surface area contributed by atoms with Gasteiger partial charge in [0.25, 0.3) is 5.92 Å². The monoisotopic (exact) mass is 163 g/mol. The normalized spacial score (nSPS) is 35.5. The van der Waals surface area contributed by atoms with Gasteiger partial charge < -0.3 is 5.73 Å². The molecule has 1 aliphatic carbocycles. The van der Waals surface area contributed by atoms with Crippen LogP contribution in [0.4, 0.5) is 8.78 Å². The van der Waals surface area contributed by atoms with Gasteiger partial charge in [0.1, 0.15) is 0 Å². The highest BCUT2D eigenvalue weighted by molar-refractivity contribution is 5.16. The van der Waals surface area contributed by atoms with E-state index in [9.17, 15) is 8.78 Å². The fourth-order valence-electron chi connectivity index (χ4n) is 1.68. The maximum atomic E-state index is 12.9. The first kappa shape index (κ1) is 8.91. The molecule has 11 heavy (non-hydrogen) atoms. The summed E-state index contributed by atoms with van der Waals surface area (Å²) < 4.78 is 25.7. The van der Waals surface area contributed by atoms with E-state index in [1.807, 2.05) is 20.8 Å². The lowest BCUT2D eigenvalue weighted by Crippen LogP contribution is -2.35. The Labute approximate surface area is 66.0 Å². The summed E-state index contributed by atoms with van der Waals surface area (Å²) in [6.07, 6.45) is -0.0417. The molecule has 66 valence electrons. The summed E-state index contributed by atoms with van der Waals surface area (Å²) in [5.74, 6) is -2.53. The summed E-state index contributed by atoms with van der Waals surface area (Å²) in [7, 11) is 0. The van der Waals surface area contributed by atoms with Gasteiger partial charge in [-0.25, -0.2) is 8.78 Å². The second-order valence-corrected chi connectivity index (χ2v) is 4.42. The van der Waals surface area contributed by atoms with E-state index in [0.29, 0.717) is 0 Å². The van der Waals surface area contributed by atoms with E-state index in [0.717, 1.165) is 0 Å². The third-order valence-electron chi connectivity index (χ3n) is 2.88. The summed E-state index contributed by atoms with van der Waals surface area (Å²) in [6, 6.07) is 0. The van der Waals surface area contributed by atoms with Crippen molar-refractivity contribution >= 4 is 0 Å². The zero-order valence-corrected chi connectivity index (χ0v) is 7.25. The summed E-state index contributed by atoms with van der Waals surface area (Å²) >= 11 is 0. The predicted octanol–water partition coefficient (Wildman–Crippen LogP) is 2.02. The minimum absolute atomic E-state index is 0.0417. The van der Waals surface area contributed by atoms with Gasteiger partial charge in [0.05, 0.1) is 5.41 Å². The van der Waals surface area contributed by atoms with E-state index < -0.39 is 11.3 Å². The average molecular weight is 163 g/mol. The zero-order chi connectivity index (χ0) is 8.91. The predicted molar refractivity (Wildman–Crippen MR) is 40.5 cm³/mol. The van der Waals surface area contributed by atoms with Crippen LogP contribution in [0.1, 0.15) is 27.2 Å². The summed E-state index contributed by atoms with van der Waals surface area (Å²) in [5, 5.41) is 0. The summed E-state index contributed by atoms with van der Waals surface area (Å²) in [6.45, 7) is 5.55. The molecule has 1 saturated carbocycles. The highest BCUT2D eigenvalue weighted by atomic mass is 19.3. The SMILES string of the molecule is CC(C)(C)C1(CN)CC1(F)F. The molecule has 0 aliphatic heterocycles. The van der Waals surface area contributed by atoms with Crippen molar-refractivity contribution < 1.29 is 8.78 Å². The van der Waals surface area contributed by atoms with Crippen LogP contribution in [0.3, 0.4) is 0 Å². The zero-order valence-electron chi connectivity index (χ0n) is 7.25. The fraction of sp³-hybridized carbons (Fsp3) is 1.00. The second kappa shape index (κ2) is 1.94. The summed E-state index contributed by atoms with van der Waals surface area (Å²) in [5.41, 5.74) is 4.04. The molecule has 0 heterocycles. The smallest absolute Gasteiger partial charge is 0.256 e. The van der Waals surface area contributed by atoms with E-state index in [4.69, 9.17) is 5.73 Å². The molecule has 0 aromatic rings.